The van der Waals surface area contributed by atoms with E-state index in [2.05, 4.69) is 6.07 Å². The molecule has 0 unspecified atom stereocenters. The topological polar surface area (TPSA) is 72.6 Å². The van der Waals surface area contributed by atoms with E-state index in [1.165, 1.54) is 5.56 Å². The Morgan fingerprint density at radius 1 is 1.08 bits per heavy atom. The van der Waals surface area contributed by atoms with Gasteiger partial charge in [0.05, 0.1) is 0 Å². The number of amides is 2. The smallest absolute Gasteiger partial charge is 0.258 e. The molecule has 4 rings (SSSR count). The Bertz CT molecular complexity index is 810. The minimum Gasteiger partial charge on any atom is -0.484 e. The van der Waals surface area contributed by atoms with Gasteiger partial charge >= 0.3 is 0 Å². The van der Waals surface area contributed by atoms with Crippen LogP contribution in [-0.2, 0) is 10.2 Å². The van der Waals surface area contributed by atoms with Crippen LogP contribution in [0, 0.1) is 0 Å². The number of hydrogen-bond acceptors (Lipinski definition) is 3. The van der Waals surface area contributed by atoms with Crippen molar-refractivity contribution < 1.29 is 14.3 Å². The second-order valence-corrected chi connectivity index (χ2v) is 6.47. The third-order valence-electron chi connectivity index (χ3n) is 4.81. The predicted molar refractivity (Wildman–Crippen MR) is 90.2 cm³/mol. The van der Waals surface area contributed by atoms with Crippen molar-refractivity contribution in [2.45, 2.75) is 18.3 Å². The lowest BCUT2D eigenvalue weighted by molar-refractivity contribution is -0.119. The van der Waals surface area contributed by atoms with Gasteiger partial charge in [0.25, 0.3) is 11.8 Å². The van der Waals surface area contributed by atoms with Crippen molar-refractivity contribution in [1.82, 2.24) is 0 Å². The number of benzene rings is 2. The third kappa shape index (κ3) is 2.42. The van der Waals surface area contributed by atoms with Crippen molar-refractivity contribution in [3.05, 3.63) is 59.7 Å². The van der Waals surface area contributed by atoms with Crippen LogP contribution >= 0.6 is 0 Å². The van der Waals surface area contributed by atoms with Gasteiger partial charge in [0.1, 0.15) is 5.75 Å². The van der Waals surface area contributed by atoms with Gasteiger partial charge in [-0.05, 0) is 48.7 Å². The van der Waals surface area contributed by atoms with Gasteiger partial charge in [-0.2, -0.15) is 0 Å². The maximum atomic E-state index is 12.9. The van der Waals surface area contributed by atoms with E-state index in [9.17, 15) is 9.59 Å². The van der Waals surface area contributed by atoms with Gasteiger partial charge < -0.3 is 15.4 Å². The van der Waals surface area contributed by atoms with Crippen molar-refractivity contribution in [2.24, 2.45) is 5.73 Å². The molecule has 0 radical (unpaired) electrons. The highest BCUT2D eigenvalue weighted by Gasteiger charge is 2.52. The van der Waals surface area contributed by atoms with Crippen LogP contribution in [0.5, 0.6) is 5.75 Å². The van der Waals surface area contributed by atoms with E-state index in [1.807, 2.05) is 23.1 Å². The first-order valence-corrected chi connectivity index (χ1v) is 8.02. The molecule has 5 heteroatoms. The maximum Gasteiger partial charge on any atom is 0.258 e. The zero-order valence-corrected chi connectivity index (χ0v) is 13.2. The summed E-state index contributed by atoms with van der Waals surface area (Å²) in [5.74, 6) is -0.0166. The molecule has 0 aromatic heterocycles. The first-order valence-electron chi connectivity index (χ1n) is 8.02. The summed E-state index contributed by atoms with van der Waals surface area (Å²) >= 11 is 0. The molecule has 5 nitrogen and oxygen atoms in total. The zero-order chi connectivity index (χ0) is 16.7. The number of carbonyl (C=O) groups is 2. The number of nitrogens with two attached hydrogens (primary N) is 1. The summed E-state index contributed by atoms with van der Waals surface area (Å²) in [4.78, 5) is 25.5. The van der Waals surface area contributed by atoms with Crippen molar-refractivity contribution >= 4 is 17.5 Å². The molecule has 1 heterocycles. The van der Waals surface area contributed by atoms with E-state index >= 15 is 0 Å². The van der Waals surface area contributed by atoms with E-state index in [4.69, 9.17) is 10.5 Å². The Morgan fingerprint density at radius 2 is 1.79 bits per heavy atom. The Balaban J connectivity index is 1.55. The summed E-state index contributed by atoms with van der Waals surface area (Å²) < 4.78 is 5.23. The molecule has 2 aromatic rings. The summed E-state index contributed by atoms with van der Waals surface area (Å²) in [5.41, 5.74) is 8.15. The second-order valence-electron chi connectivity index (χ2n) is 6.47. The van der Waals surface area contributed by atoms with Crippen LogP contribution in [0.25, 0.3) is 0 Å². The highest BCUT2D eigenvalue weighted by Crippen LogP contribution is 2.56. The molecular weight excluding hydrogens is 304 g/mol. The average Bonchev–Trinajstić information content (AvgIpc) is 3.30. The summed E-state index contributed by atoms with van der Waals surface area (Å²) in [6.07, 6.45) is 2.29. The van der Waals surface area contributed by atoms with E-state index < -0.39 is 5.91 Å². The molecule has 0 atom stereocenters. The van der Waals surface area contributed by atoms with Crippen LogP contribution in [0.4, 0.5) is 5.69 Å². The fourth-order valence-electron chi connectivity index (χ4n) is 3.39. The van der Waals surface area contributed by atoms with Gasteiger partial charge in [-0.3, -0.25) is 9.59 Å². The van der Waals surface area contributed by atoms with Crippen LogP contribution in [-0.4, -0.2) is 25.0 Å². The maximum absolute atomic E-state index is 12.9. The van der Waals surface area contributed by atoms with Gasteiger partial charge in [-0.25, -0.2) is 0 Å². The summed E-state index contributed by atoms with van der Waals surface area (Å²) in [5, 5.41) is 0. The predicted octanol–water partition coefficient (Wildman–Crippen LogP) is 2.24. The highest BCUT2D eigenvalue weighted by atomic mass is 16.5. The number of anilines is 1. The van der Waals surface area contributed by atoms with Gasteiger partial charge in [0.15, 0.2) is 6.61 Å². The lowest BCUT2D eigenvalue weighted by Gasteiger charge is -2.18. The van der Waals surface area contributed by atoms with E-state index in [1.54, 1.807) is 24.3 Å². The van der Waals surface area contributed by atoms with Gasteiger partial charge in [-0.1, -0.05) is 18.2 Å². The minimum absolute atomic E-state index is 0.00678. The van der Waals surface area contributed by atoms with Gasteiger partial charge in [-0.15, -0.1) is 0 Å². The number of rotatable bonds is 4. The molecule has 2 aromatic carbocycles. The lowest BCUT2D eigenvalue weighted by Crippen LogP contribution is -2.31. The number of nitrogens with zero attached hydrogens (tertiary/aromatic N) is 1. The molecule has 1 fully saturated rings. The standard InChI is InChI=1S/C19H18N2O3/c20-17(22)11-24-14-7-5-13(6-8-14)18(23)21-12-19(9-10-19)15-3-1-2-4-16(15)21/h1-8H,9-12H2,(H2,20,22). The number of fused-ring (bicyclic) bond motifs is 2. The van der Waals surface area contributed by atoms with E-state index in [0.29, 0.717) is 11.3 Å². The van der Waals surface area contributed by atoms with Gasteiger partial charge in [0.2, 0.25) is 0 Å². The van der Waals surface area contributed by atoms with Gasteiger partial charge in [0, 0.05) is 23.2 Å². The summed E-state index contributed by atoms with van der Waals surface area (Å²) in [7, 11) is 0. The van der Waals surface area contributed by atoms with Crippen molar-refractivity contribution in [1.29, 1.82) is 0 Å². The minimum atomic E-state index is -0.529. The number of ether oxygens (including phenoxy) is 1. The van der Waals surface area contributed by atoms with E-state index in [0.717, 1.165) is 25.1 Å². The Morgan fingerprint density at radius 3 is 2.46 bits per heavy atom. The normalized spacial score (nSPS) is 16.8. The number of carbonyl (C=O) groups excluding carboxylic acids is 2. The molecule has 1 aliphatic heterocycles. The first kappa shape index (κ1) is 14.8. The summed E-state index contributed by atoms with van der Waals surface area (Å²) in [6, 6.07) is 15.0. The molecule has 0 saturated heterocycles. The summed E-state index contributed by atoms with van der Waals surface area (Å²) in [6.45, 7) is 0.584. The third-order valence-corrected chi connectivity index (χ3v) is 4.81. The fourth-order valence-corrected chi connectivity index (χ4v) is 3.39. The number of para-hydroxylation sites is 1. The van der Waals surface area contributed by atoms with Crippen molar-refractivity contribution in [3.8, 4) is 5.75 Å². The quantitative estimate of drug-likeness (QED) is 0.938. The molecular formula is C19H18N2O3. The SMILES string of the molecule is NC(=O)COc1ccc(C(=O)N2CC3(CC3)c3ccccc32)cc1. The fraction of sp³-hybridized carbons (Fsp3) is 0.263. The number of primary amides is 1. The molecule has 1 saturated carbocycles. The number of hydrogen-bond donors (Lipinski definition) is 1. The van der Waals surface area contributed by atoms with Crippen molar-refractivity contribution in [3.63, 3.8) is 0 Å². The van der Waals surface area contributed by atoms with Crippen molar-refractivity contribution in [2.75, 3.05) is 18.1 Å². The van der Waals surface area contributed by atoms with Crippen LogP contribution < -0.4 is 15.4 Å². The molecule has 2 amide bonds. The first-order chi connectivity index (χ1) is 11.6. The van der Waals surface area contributed by atoms with Crippen LogP contribution in [0.2, 0.25) is 0 Å². The lowest BCUT2D eigenvalue weighted by atomic mass is 9.99. The molecule has 1 aliphatic carbocycles. The van der Waals surface area contributed by atoms with Crippen LogP contribution in [0.15, 0.2) is 48.5 Å². The Hall–Kier alpha value is -2.82. The zero-order valence-electron chi connectivity index (χ0n) is 13.2. The molecule has 24 heavy (non-hydrogen) atoms. The molecule has 122 valence electrons. The largest absolute Gasteiger partial charge is 0.484 e. The van der Waals surface area contributed by atoms with E-state index in [-0.39, 0.29) is 17.9 Å². The Kier molecular flexibility index (Phi) is 3.30. The van der Waals surface area contributed by atoms with Crippen LogP contribution in [0.3, 0.4) is 0 Å². The average molecular weight is 322 g/mol. The Labute approximate surface area is 140 Å². The monoisotopic (exact) mass is 322 g/mol. The molecule has 2 aliphatic rings. The molecule has 0 bridgehead atoms. The van der Waals surface area contributed by atoms with Crippen LogP contribution in [0.1, 0.15) is 28.8 Å². The highest BCUT2D eigenvalue weighted by molar-refractivity contribution is 6.08. The second kappa shape index (κ2) is 5.37. The molecule has 1 spiro atoms. The molecule has 2 N–H and O–H groups in total.